The van der Waals surface area contributed by atoms with Crippen molar-refractivity contribution in [3.8, 4) is 0 Å². The van der Waals surface area contributed by atoms with Gasteiger partial charge in [-0.1, -0.05) is 37.3 Å². The Morgan fingerprint density at radius 3 is 3.00 bits per heavy atom. The second-order valence-corrected chi connectivity index (χ2v) is 6.82. The lowest BCUT2D eigenvalue weighted by Crippen LogP contribution is -2.26. The maximum Gasteiger partial charge on any atom is 0.0678 e. The number of nitrogens with zero attached hydrogens (tertiary/aromatic N) is 1. The first kappa shape index (κ1) is 13.7. The maximum absolute atomic E-state index is 9.37. The van der Waals surface area contributed by atoms with E-state index >= 15 is 0 Å². The average molecular weight is 291 g/mol. The molecule has 0 bridgehead atoms. The van der Waals surface area contributed by atoms with Crippen molar-refractivity contribution in [2.45, 2.75) is 25.7 Å². The molecule has 1 heterocycles. The Labute approximate surface area is 131 Å². The van der Waals surface area contributed by atoms with E-state index in [0.717, 1.165) is 5.57 Å². The average Bonchev–Trinajstić information content (AvgIpc) is 2.90. The second-order valence-electron chi connectivity index (χ2n) is 6.82. The Kier molecular flexibility index (Phi) is 3.16. The van der Waals surface area contributed by atoms with Gasteiger partial charge < -0.3 is 5.11 Å². The molecule has 0 unspecified atom stereocenters. The van der Waals surface area contributed by atoms with Gasteiger partial charge in [0.15, 0.2) is 0 Å². The van der Waals surface area contributed by atoms with Gasteiger partial charge in [-0.05, 0) is 58.7 Å². The summed E-state index contributed by atoms with van der Waals surface area (Å²) in [6, 6.07) is 8.86. The van der Waals surface area contributed by atoms with Crippen LogP contribution < -0.4 is 0 Å². The van der Waals surface area contributed by atoms with Gasteiger partial charge in [-0.3, -0.25) is 4.98 Å². The number of benzene rings is 1. The van der Waals surface area contributed by atoms with E-state index in [1.807, 2.05) is 12.4 Å². The molecule has 2 aromatic rings. The largest absolute Gasteiger partial charge is 0.392 e. The second kappa shape index (κ2) is 5.06. The predicted molar refractivity (Wildman–Crippen MR) is 89.6 cm³/mol. The standard InChI is InChI=1S/C20H21NO/c1-20-8-6-14(13-22)10-18(20)4-5-19(20)16-3-2-15-7-9-21-12-17(15)11-16/h2-3,6-12,18-19,22H,4-5,13H2,1H3/t18-,19+,20-/m0/s1. The minimum atomic E-state index is 0.148. The van der Waals surface area contributed by atoms with Crippen LogP contribution in [-0.2, 0) is 0 Å². The highest BCUT2D eigenvalue weighted by molar-refractivity contribution is 5.82. The molecular formula is C20H21NO. The van der Waals surface area contributed by atoms with E-state index in [1.165, 1.54) is 29.2 Å². The highest BCUT2D eigenvalue weighted by Crippen LogP contribution is 2.56. The van der Waals surface area contributed by atoms with Crippen molar-refractivity contribution in [1.82, 2.24) is 4.98 Å². The molecule has 112 valence electrons. The van der Waals surface area contributed by atoms with Crippen molar-refractivity contribution >= 4 is 10.8 Å². The smallest absolute Gasteiger partial charge is 0.0678 e. The number of aliphatic hydroxyl groups excluding tert-OH is 1. The highest BCUT2D eigenvalue weighted by Gasteiger charge is 2.45. The van der Waals surface area contributed by atoms with E-state index in [0.29, 0.717) is 11.8 Å². The number of aromatic nitrogens is 1. The van der Waals surface area contributed by atoms with E-state index in [9.17, 15) is 5.11 Å². The number of rotatable bonds is 2. The minimum absolute atomic E-state index is 0.148. The van der Waals surface area contributed by atoms with Gasteiger partial charge in [0.2, 0.25) is 0 Å². The molecule has 0 saturated heterocycles. The number of aliphatic hydroxyl groups is 1. The maximum atomic E-state index is 9.37. The molecule has 22 heavy (non-hydrogen) atoms. The third-order valence-corrected chi connectivity index (χ3v) is 5.64. The van der Waals surface area contributed by atoms with Crippen LogP contribution in [0.1, 0.15) is 31.2 Å². The molecule has 2 aliphatic carbocycles. The van der Waals surface area contributed by atoms with Crippen molar-refractivity contribution in [3.63, 3.8) is 0 Å². The van der Waals surface area contributed by atoms with Crippen LogP contribution in [0.25, 0.3) is 10.8 Å². The van der Waals surface area contributed by atoms with E-state index in [-0.39, 0.29) is 12.0 Å². The van der Waals surface area contributed by atoms with Crippen LogP contribution >= 0.6 is 0 Å². The third kappa shape index (κ3) is 2.02. The Morgan fingerprint density at radius 2 is 2.14 bits per heavy atom. The topological polar surface area (TPSA) is 33.1 Å². The summed E-state index contributed by atoms with van der Waals surface area (Å²) in [5.74, 6) is 1.07. The molecule has 0 aliphatic heterocycles. The number of allylic oxidation sites excluding steroid dienone is 2. The summed E-state index contributed by atoms with van der Waals surface area (Å²) in [5.41, 5.74) is 2.64. The zero-order valence-electron chi connectivity index (χ0n) is 12.9. The van der Waals surface area contributed by atoms with Gasteiger partial charge in [0.25, 0.3) is 0 Å². The Morgan fingerprint density at radius 1 is 1.23 bits per heavy atom. The van der Waals surface area contributed by atoms with Crippen molar-refractivity contribution in [1.29, 1.82) is 0 Å². The van der Waals surface area contributed by atoms with Gasteiger partial charge in [-0.2, -0.15) is 0 Å². The van der Waals surface area contributed by atoms with Crippen LogP contribution in [0.5, 0.6) is 0 Å². The molecule has 0 radical (unpaired) electrons. The van der Waals surface area contributed by atoms with Crippen molar-refractivity contribution in [3.05, 3.63) is 66.0 Å². The fraction of sp³-hybridized carbons (Fsp3) is 0.350. The molecule has 2 aliphatic rings. The van der Waals surface area contributed by atoms with E-state index < -0.39 is 0 Å². The normalized spacial score (nSPS) is 30.4. The number of hydrogen-bond acceptors (Lipinski definition) is 2. The summed E-state index contributed by atoms with van der Waals surface area (Å²) < 4.78 is 0. The zero-order valence-corrected chi connectivity index (χ0v) is 12.9. The quantitative estimate of drug-likeness (QED) is 0.898. The SMILES string of the molecule is C[C@]12C=CC(CO)=C[C@@H]1CC[C@@H]2c1ccc2ccncc2c1. The van der Waals surface area contributed by atoms with Crippen molar-refractivity contribution in [2.75, 3.05) is 6.61 Å². The lowest BCUT2D eigenvalue weighted by molar-refractivity contribution is 0.304. The summed E-state index contributed by atoms with van der Waals surface area (Å²) in [4.78, 5) is 4.25. The molecule has 3 atom stereocenters. The first-order chi connectivity index (χ1) is 10.7. The molecule has 1 N–H and O–H groups in total. The van der Waals surface area contributed by atoms with Crippen LogP contribution in [-0.4, -0.2) is 16.7 Å². The summed E-state index contributed by atoms with van der Waals surface area (Å²) >= 11 is 0. The van der Waals surface area contributed by atoms with Crippen molar-refractivity contribution < 1.29 is 5.11 Å². The molecular weight excluding hydrogens is 270 g/mol. The fourth-order valence-corrected chi connectivity index (χ4v) is 4.28. The lowest BCUT2D eigenvalue weighted by atomic mass is 9.68. The van der Waals surface area contributed by atoms with E-state index in [1.54, 1.807) is 0 Å². The Hall–Kier alpha value is -1.93. The lowest BCUT2D eigenvalue weighted by Gasteiger charge is -2.36. The van der Waals surface area contributed by atoms with Crippen molar-refractivity contribution in [2.24, 2.45) is 11.3 Å². The van der Waals surface area contributed by atoms with Crippen LogP contribution in [0, 0.1) is 11.3 Å². The monoisotopic (exact) mass is 291 g/mol. The van der Waals surface area contributed by atoms with E-state index in [2.05, 4.69) is 54.4 Å². The van der Waals surface area contributed by atoms with Crippen LogP contribution in [0.4, 0.5) is 0 Å². The molecule has 2 heteroatoms. The molecule has 1 aromatic carbocycles. The molecule has 2 nitrogen and oxygen atoms in total. The summed E-state index contributed by atoms with van der Waals surface area (Å²) in [6.07, 6.45) is 12.9. The number of fused-ring (bicyclic) bond motifs is 2. The van der Waals surface area contributed by atoms with E-state index in [4.69, 9.17) is 0 Å². The minimum Gasteiger partial charge on any atom is -0.392 e. The van der Waals surface area contributed by atoms with Crippen LogP contribution in [0.2, 0.25) is 0 Å². The first-order valence-corrected chi connectivity index (χ1v) is 8.05. The first-order valence-electron chi connectivity index (χ1n) is 8.05. The highest BCUT2D eigenvalue weighted by atomic mass is 16.3. The number of hydrogen-bond donors (Lipinski definition) is 1. The van der Waals surface area contributed by atoms with Gasteiger partial charge in [0.05, 0.1) is 6.61 Å². The third-order valence-electron chi connectivity index (χ3n) is 5.64. The zero-order chi connectivity index (χ0) is 15.2. The van der Waals surface area contributed by atoms with Gasteiger partial charge in [-0.15, -0.1) is 0 Å². The fourth-order valence-electron chi connectivity index (χ4n) is 4.28. The molecule has 0 amide bonds. The number of pyridine rings is 1. The summed E-state index contributed by atoms with van der Waals surface area (Å²) in [6.45, 7) is 2.51. The van der Waals surface area contributed by atoms with Gasteiger partial charge in [0.1, 0.15) is 0 Å². The van der Waals surface area contributed by atoms with Crippen LogP contribution in [0.15, 0.2) is 60.5 Å². The Balaban J connectivity index is 1.73. The summed E-state index contributed by atoms with van der Waals surface area (Å²) in [5, 5.41) is 11.8. The van der Waals surface area contributed by atoms with Gasteiger partial charge in [-0.25, -0.2) is 0 Å². The molecule has 1 saturated carbocycles. The molecule has 4 rings (SSSR count). The van der Waals surface area contributed by atoms with Gasteiger partial charge >= 0.3 is 0 Å². The Bertz CT molecular complexity index is 776. The summed E-state index contributed by atoms with van der Waals surface area (Å²) in [7, 11) is 0. The molecule has 1 aromatic heterocycles. The van der Waals surface area contributed by atoms with Gasteiger partial charge in [0, 0.05) is 17.8 Å². The molecule has 1 fully saturated rings. The molecule has 0 spiro atoms. The van der Waals surface area contributed by atoms with Crippen LogP contribution in [0.3, 0.4) is 0 Å². The predicted octanol–water partition coefficient (Wildman–Crippen LogP) is 4.22.